The Labute approximate surface area is 170 Å². The summed E-state index contributed by atoms with van der Waals surface area (Å²) >= 11 is 0. The molecule has 1 aliphatic heterocycles. The van der Waals surface area contributed by atoms with Crippen LogP contribution in [0, 0.1) is 18.8 Å². The van der Waals surface area contributed by atoms with Gasteiger partial charge in [0, 0.05) is 44.6 Å². The molecular weight excluding hydrogens is 368 g/mol. The summed E-state index contributed by atoms with van der Waals surface area (Å²) in [4.78, 5) is 6.87. The highest BCUT2D eigenvalue weighted by Gasteiger charge is 2.38. The first-order chi connectivity index (χ1) is 14.2. The third-order valence-corrected chi connectivity index (χ3v) is 6.38. The fourth-order valence-electron chi connectivity index (χ4n) is 4.88. The lowest BCUT2D eigenvalue weighted by Crippen LogP contribution is -2.25. The molecule has 2 aliphatic rings. The number of nitrogens with zero attached hydrogens (tertiary/aromatic N) is 6. The number of ether oxygens (including phenoxy) is 1. The Balaban J connectivity index is 1.48. The third-order valence-electron chi connectivity index (χ3n) is 6.38. The zero-order valence-corrected chi connectivity index (χ0v) is 17.2. The van der Waals surface area contributed by atoms with Crippen LogP contribution in [0.2, 0.25) is 0 Å². The van der Waals surface area contributed by atoms with Gasteiger partial charge in [-0.1, -0.05) is 11.6 Å². The number of rotatable bonds is 7. The summed E-state index contributed by atoms with van der Waals surface area (Å²) in [5, 5.41) is 14.1. The zero-order valence-electron chi connectivity index (χ0n) is 17.2. The Kier molecular flexibility index (Phi) is 4.95. The molecule has 3 aromatic heterocycles. The molecule has 29 heavy (non-hydrogen) atoms. The van der Waals surface area contributed by atoms with E-state index in [2.05, 4.69) is 35.9 Å². The zero-order chi connectivity index (χ0) is 19.8. The number of anilines is 1. The van der Waals surface area contributed by atoms with Crippen molar-refractivity contribution in [2.45, 2.75) is 46.1 Å². The molecule has 8 heteroatoms. The van der Waals surface area contributed by atoms with E-state index in [1.165, 1.54) is 19.3 Å². The largest absolute Gasteiger partial charge is 0.382 e. The highest BCUT2D eigenvalue weighted by molar-refractivity contribution is 5.80. The Morgan fingerprint density at radius 2 is 2.03 bits per heavy atom. The minimum Gasteiger partial charge on any atom is -0.382 e. The van der Waals surface area contributed by atoms with E-state index in [1.807, 2.05) is 13.8 Å². The molecule has 0 spiro atoms. The van der Waals surface area contributed by atoms with Crippen molar-refractivity contribution in [3.63, 3.8) is 0 Å². The van der Waals surface area contributed by atoms with Gasteiger partial charge in [-0.05, 0) is 51.0 Å². The summed E-state index contributed by atoms with van der Waals surface area (Å²) in [5.41, 5.74) is 2.34. The van der Waals surface area contributed by atoms with Gasteiger partial charge in [-0.15, -0.1) is 10.2 Å². The molecule has 2 fully saturated rings. The van der Waals surface area contributed by atoms with E-state index < -0.39 is 0 Å². The minimum atomic E-state index is 0.557. The molecule has 4 heterocycles. The van der Waals surface area contributed by atoms with Gasteiger partial charge in [-0.3, -0.25) is 4.57 Å². The first-order valence-electron chi connectivity index (χ1n) is 10.7. The average molecular weight is 396 g/mol. The third kappa shape index (κ3) is 3.39. The molecule has 0 radical (unpaired) electrons. The summed E-state index contributed by atoms with van der Waals surface area (Å²) in [6.07, 6.45) is 6.80. The van der Waals surface area contributed by atoms with E-state index >= 15 is 0 Å². The smallest absolute Gasteiger partial charge is 0.257 e. The van der Waals surface area contributed by atoms with Crippen LogP contribution < -0.4 is 4.90 Å². The van der Waals surface area contributed by atoms with Crippen LogP contribution in [0.5, 0.6) is 0 Å². The van der Waals surface area contributed by atoms with Crippen LogP contribution in [0.25, 0.3) is 22.5 Å². The Hall–Kier alpha value is -2.48. The van der Waals surface area contributed by atoms with Crippen LogP contribution in [0.3, 0.4) is 0 Å². The molecule has 0 unspecified atom stereocenters. The van der Waals surface area contributed by atoms with Crippen LogP contribution >= 0.6 is 0 Å². The quantitative estimate of drug-likeness (QED) is 0.566. The topological polar surface area (TPSA) is 82.1 Å². The fourth-order valence-corrected chi connectivity index (χ4v) is 4.88. The van der Waals surface area contributed by atoms with Crippen molar-refractivity contribution in [2.75, 3.05) is 31.2 Å². The summed E-state index contributed by atoms with van der Waals surface area (Å²) in [7, 11) is 0. The second kappa shape index (κ2) is 7.74. The molecule has 0 bridgehead atoms. The van der Waals surface area contributed by atoms with E-state index in [-0.39, 0.29) is 0 Å². The highest BCUT2D eigenvalue weighted by Crippen LogP contribution is 2.39. The molecule has 1 aliphatic carbocycles. The molecule has 1 saturated carbocycles. The SMILES string of the molecule is CCOCCCn1c(-c2cnc3onc(C)c3c2)nnc1N1C[C@H]2CCC[C@H]2C1. The molecule has 0 aromatic carbocycles. The van der Waals surface area contributed by atoms with Crippen LogP contribution in [0.4, 0.5) is 5.95 Å². The van der Waals surface area contributed by atoms with Crippen molar-refractivity contribution >= 4 is 17.0 Å². The lowest BCUT2D eigenvalue weighted by atomic mass is 10.0. The normalized spacial score (nSPS) is 21.4. The number of hydrogen-bond acceptors (Lipinski definition) is 7. The van der Waals surface area contributed by atoms with Gasteiger partial charge in [0.25, 0.3) is 5.71 Å². The maximum Gasteiger partial charge on any atom is 0.257 e. The second-order valence-electron chi connectivity index (χ2n) is 8.23. The van der Waals surface area contributed by atoms with Crippen LogP contribution in [0.1, 0.15) is 38.3 Å². The first-order valence-corrected chi connectivity index (χ1v) is 10.7. The average Bonchev–Trinajstić information content (AvgIpc) is 3.48. The van der Waals surface area contributed by atoms with Gasteiger partial charge in [0.2, 0.25) is 5.95 Å². The van der Waals surface area contributed by atoms with Crippen molar-refractivity contribution < 1.29 is 9.26 Å². The maximum absolute atomic E-state index is 5.57. The Bertz CT molecular complexity index is 984. The molecule has 2 atom stereocenters. The van der Waals surface area contributed by atoms with Crippen molar-refractivity contribution in [3.05, 3.63) is 18.0 Å². The standard InChI is InChI=1S/C21H28N6O2/c1-3-28-9-5-8-27-19(17-10-18-14(2)25-29-20(18)22-11-17)23-24-21(27)26-12-15-6-4-7-16(15)13-26/h10-11,15-16H,3-9,12-13H2,1-2H3/t15-,16+. The Morgan fingerprint density at radius 1 is 1.21 bits per heavy atom. The van der Waals surface area contributed by atoms with Gasteiger partial charge in [-0.25, -0.2) is 4.98 Å². The van der Waals surface area contributed by atoms with E-state index in [1.54, 1.807) is 6.20 Å². The van der Waals surface area contributed by atoms with E-state index in [9.17, 15) is 0 Å². The van der Waals surface area contributed by atoms with E-state index in [0.29, 0.717) is 5.71 Å². The molecular formula is C21H28N6O2. The predicted molar refractivity (Wildman–Crippen MR) is 110 cm³/mol. The summed E-state index contributed by atoms with van der Waals surface area (Å²) in [6.45, 7) is 8.45. The molecule has 3 aromatic rings. The van der Waals surface area contributed by atoms with Gasteiger partial charge < -0.3 is 14.2 Å². The first kappa shape index (κ1) is 18.5. The minimum absolute atomic E-state index is 0.557. The Morgan fingerprint density at radius 3 is 2.83 bits per heavy atom. The molecule has 0 amide bonds. The molecule has 0 N–H and O–H groups in total. The van der Waals surface area contributed by atoms with Crippen LogP contribution in [-0.4, -0.2) is 51.2 Å². The van der Waals surface area contributed by atoms with Crippen molar-refractivity contribution in [1.82, 2.24) is 24.9 Å². The summed E-state index contributed by atoms with van der Waals surface area (Å²) in [6, 6.07) is 2.06. The van der Waals surface area contributed by atoms with Gasteiger partial charge in [0.1, 0.15) is 0 Å². The van der Waals surface area contributed by atoms with Gasteiger partial charge >= 0.3 is 0 Å². The number of hydrogen-bond donors (Lipinski definition) is 0. The number of pyridine rings is 1. The number of aromatic nitrogens is 5. The van der Waals surface area contributed by atoms with Crippen molar-refractivity contribution in [1.29, 1.82) is 0 Å². The molecule has 154 valence electrons. The molecule has 5 rings (SSSR count). The predicted octanol–water partition coefficient (Wildman–Crippen LogP) is 3.45. The molecule has 1 saturated heterocycles. The lowest BCUT2D eigenvalue weighted by Gasteiger charge is -2.20. The summed E-state index contributed by atoms with van der Waals surface area (Å²) in [5.74, 6) is 3.45. The van der Waals surface area contributed by atoms with Crippen molar-refractivity contribution in [3.8, 4) is 11.4 Å². The highest BCUT2D eigenvalue weighted by atomic mass is 16.5. The second-order valence-corrected chi connectivity index (χ2v) is 8.23. The van der Waals surface area contributed by atoms with Crippen molar-refractivity contribution in [2.24, 2.45) is 11.8 Å². The van der Waals surface area contributed by atoms with Gasteiger partial charge in [0.15, 0.2) is 5.82 Å². The number of aryl methyl sites for hydroxylation is 1. The fraction of sp³-hybridized carbons (Fsp3) is 0.619. The van der Waals surface area contributed by atoms with Crippen LogP contribution in [-0.2, 0) is 11.3 Å². The van der Waals surface area contributed by atoms with Gasteiger partial charge in [0.05, 0.1) is 11.1 Å². The van der Waals surface area contributed by atoms with Crippen LogP contribution in [0.15, 0.2) is 16.8 Å². The van der Waals surface area contributed by atoms with E-state index in [4.69, 9.17) is 9.26 Å². The summed E-state index contributed by atoms with van der Waals surface area (Å²) < 4.78 is 13.1. The molecule has 8 nitrogen and oxygen atoms in total. The lowest BCUT2D eigenvalue weighted by molar-refractivity contribution is 0.142. The van der Waals surface area contributed by atoms with E-state index in [0.717, 1.165) is 79.5 Å². The maximum atomic E-state index is 5.57. The number of fused-ring (bicyclic) bond motifs is 2. The monoisotopic (exact) mass is 396 g/mol. The van der Waals surface area contributed by atoms with Gasteiger partial charge in [-0.2, -0.15) is 0 Å².